The molecule has 98 valence electrons. The van der Waals surface area contributed by atoms with Gasteiger partial charge in [-0.2, -0.15) is 0 Å². The monoisotopic (exact) mass is 275 g/mol. The Labute approximate surface area is 116 Å². The van der Waals surface area contributed by atoms with Crippen LogP contribution in [0.25, 0.3) is 0 Å². The fraction of sp³-hybridized carbons (Fsp3) is 0.214. The van der Waals surface area contributed by atoms with Gasteiger partial charge in [0.2, 0.25) is 5.95 Å². The summed E-state index contributed by atoms with van der Waals surface area (Å²) in [7, 11) is 0. The molecule has 0 fully saturated rings. The molecule has 2 rings (SSSR count). The van der Waals surface area contributed by atoms with Crippen LogP contribution in [0.1, 0.15) is 27.2 Å². The van der Waals surface area contributed by atoms with Gasteiger partial charge in [-0.1, -0.05) is 23.7 Å². The maximum absolute atomic E-state index is 12.2. The van der Waals surface area contributed by atoms with Gasteiger partial charge < -0.3 is 0 Å². The highest BCUT2D eigenvalue weighted by Gasteiger charge is 2.12. The first-order valence-electron chi connectivity index (χ1n) is 5.86. The minimum atomic E-state index is -0.233. The topological polar surface area (TPSA) is 54.9 Å². The van der Waals surface area contributed by atoms with Crippen molar-refractivity contribution in [1.82, 2.24) is 9.97 Å². The summed E-state index contributed by atoms with van der Waals surface area (Å²) >= 11 is 5.83. The van der Waals surface area contributed by atoms with Crippen molar-refractivity contribution in [3.63, 3.8) is 0 Å². The van der Waals surface area contributed by atoms with Crippen molar-refractivity contribution >= 4 is 23.5 Å². The molecule has 0 saturated heterocycles. The number of anilines is 1. The molecular weight excluding hydrogens is 262 g/mol. The molecule has 0 atom stereocenters. The molecule has 0 aliphatic rings. The van der Waals surface area contributed by atoms with Crippen molar-refractivity contribution in [2.45, 2.75) is 20.8 Å². The molecule has 1 aromatic heterocycles. The number of hydrogen-bond acceptors (Lipinski definition) is 3. The van der Waals surface area contributed by atoms with Crippen molar-refractivity contribution in [3.05, 3.63) is 51.8 Å². The quantitative estimate of drug-likeness (QED) is 0.856. The Morgan fingerprint density at radius 3 is 2.63 bits per heavy atom. The minimum Gasteiger partial charge on any atom is -0.290 e. The number of carbonyl (C=O) groups excluding carboxylic acids is 1. The third kappa shape index (κ3) is 3.09. The number of amides is 1. The summed E-state index contributed by atoms with van der Waals surface area (Å²) in [5.74, 6) is -0.0150. The minimum absolute atomic E-state index is 0.218. The summed E-state index contributed by atoms with van der Waals surface area (Å²) in [4.78, 5) is 20.3. The normalized spacial score (nSPS) is 10.3. The first-order valence-corrected chi connectivity index (χ1v) is 6.24. The first-order chi connectivity index (χ1) is 8.97. The molecule has 0 aliphatic carbocycles. The largest absolute Gasteiger partial charge is 0.290 e. The number of halogens is 1. The summed E-state index contributed by atoms with van der Waals surface area (Å²) < 4.78 is 0. The van der Waals surface area contributed by atoms with Gasteiger partial charge in [0, 0.05) is 11.3 Å². The summed E-state index contributed by atoms with van der Waals surface area (Å²) in [5.41, 5.74) is 3.33. The molecule has 0 bridgehead atoms. The molecule has 0 aliphatic heterocycles. The van der Waals surface area contributed by atoms with Gasteiger partial charge in [0.25, 0.3) is 5.91 Å². The zero-order chi connectivity index (χ0) is 14.0. The van der Waals surface area contributed by atoms with Gasteiger partial charge in [-0.3, -0.25) is 10.1 Å². The average molecular weight is 276 g/mol. The van der Waals surface area contributed by atoms with Gasteiger partial charge >= 0.3 is 0 Å². The molecule has 4 nitrogen and oxygen atoms in total. The number of aromatic nitrogens is 2. The molecular formula is C14H14ClN3O. The smallest absolute Gasteiger partial charge is 0.258 e. The Kier molecular flexibility index (Phi) is 3.81. The van der Waals surface area contributed by atoms with E-state index in [1.807, 2.05) is 26.0 Å². The van der Waals surface area contributed by atoms with Crippen molar-refractivity contribution in [1.29, 1.82) is 0 Å². The van der Waals surface area contributed by atoms with E-state index in [0.29, 0.717) is 16.4 Å². The van der Waals surface area contributed by atoms with Gasteiger partial charge in [0.15, 0.2) is 0 Å². The predicted molar refractivity (Wildman–Crippen MR) is 75.6 cm³/mol. The third-order valence-electron chi connectivity index (χ3n) is 2.90. The molecule has 19 heavy (non-hydrogen) atoms. The fourth-order valence-electron chi connectivity index (χ4n) is 1.75. The number of carbonyl (C=O) groups is 1. The standard InChI is InChI=1S/C14H14ClN3O/c1-8-5-4-6-11(10(8)3)13(19)18-14-16-9(2)7-12(15)17-14/h4-7H,1-3H3,(H,16,17,18,19). The van der Waals surface area contributed by atoms with E-state index in [1.54, 1.807) is 19.1 Å². The van der Waals surface area contributed by atoms with Crippen LogP contribution < -0.4 is 5.32 Å². The number of aryl methyl sites for hydroxylation is 2. The van der Waals surface area contributed by atoms with E-state index < -0.39 is 0 Å². The lowest BCUT2D eigenvalue weighted by molar-refractivity contribution is 0.102. The first kappa shape index (κ1) is 13.5. The fourth-order valence-corrected chi connectivity index (χ4v) is 1.99. The van der Waals surface area contributed by atoms with Crippen LogP contribution in [0.3, 0.4) is 0 Å². The van der Waals surface area contributed by atoms with Gasteiger partial charge in [0.1, 0.15) is 5.15 Å². The van der Waals surface area contributed by atoms with Gasteiger partial charge in [0.05, 0.1) is 0 Å². The van der Waals surface area contributed by atoms with Gasteiger partial charge in [-0.15, -0.1) is 0 Å². The molecule has 0 saturated carbocycles. The Morgan fingerprint density at radius 2 is 1.95 bits per heavy atom. The van der Waals surface area contributed by atoms with Gasteiger partial charge in [-0.25, -0.2) is 9.97 Å². The Morgan fingerprint density at radius 1 is 1.21 bits per heavy atom. The lowest BCUT2D eigenvalue weighted by Gasteiger charge is -2.09. The highest BCUT2D eigenvalue weighted by Crippen LogP contribution is 2.15. The Balaban J connectivity index is 2.28. The van der Waals surface area contributed by atoms with E-state index in [1.165, 1.54) is 0 Å². The maximum atomic E-state index is 12.2. The molecule has 1 N–H and O–H groups in total. The van der Waals surface area contributed by atoms with E-state index in [9.17, 15) is 4.79 Å². The summed E-state index contributed by atoms with van der Waals surface area (Å²) in [5, 5.41) is 2.97. The van der Waals surface area contributed by atoms with E-state index >= 15 is 0 Å². The highest BCUT2D eigenvalue weighted by molar-refractivity contribution is 6.29. The Hall–Kier alpha value is -1.94. The molecule has 1 aromatic carbocycles. The number of nitrogens with zero attached hydrogens (tertiary/aromatic N) is 2. The van der Waals surface area contributed by atoms with Crippen LogP contribution in [-0.2, 0) is 0 Å². The van der Waals surface area contributed by atoms with Crippen LogP contribution in [0.4, 0.5) is 5.95 Å². The number of nitrogens with one attached hydrogen (secondary N) is 1. The third-order valence-corrected chi connectivity index (χ3v) is 3.09. The van der Waals surface area contributed by atoms with Crippen molar-refractivity contribution in [2.24, 2.45) is 0 Å². The van der Waals surface area contributed by atoms with E-state index in [4.69, 9.17) is 11.6 Å². The van der Waals surface area contributed by atoms with Gasteiger partial charge in [-0.05, 0) is 44.0 Å². The van der Waals surface area contributed by atoms with Crippen molar-refractivity contribution in [2.75, 3.05) is 5.32 Å². The second-order valence-electron chi connectivity index (χ2n) is 4.36. The summed E-state index contributed by atoms with van der Waals surface area (Å²) in [6.07, 6.45) is 0. The van der Waals surface area contributed by atoms with Crippen LogP contribution >= 0.6 is 11.6 Å². The predicted octanol–water partition coefficient (Wildman–Crippen LogP) is 3.31. The number of benzene rings is 1. The van der Waals surface area contributed by atoms with E-state index in [2.05, 4.69) is 15.3 Å². The zero-order valence-corrected chi connectivity index (χ0v) is 11.7. The average Bonchev–Trinajstić information content (AvgIpc) is 2.31. The lowest BCUT2D eigenvalue weighted by Crippen LogP contribution is -2.16. The summed E-state index contributed by atoms with van der Waals surface area (Å²) in [6.45, 7) is 5.67. The summed E-state index contributed by atoms with van der Waals surface area (Å²) in [6, 6.07) is 7.22. The molecule has 5 heteroatoms. The zero-order valence-electron chi connectivity index (χ0n) is 11.0. The van der Waals surface area contributed by atoms with E-state index in [-0.39, 0.29) is 11.9 Å². The number of rotatable bonds is 2. The highest BCUT2D eigenvalue weighted by atomic mass is 35.5. The Bertz CT molecular complexity index is 620. The molecule has 0 unspecified atom stereocenters. The van der Waals surface area contributed by atoms with Crippen LogP contribution in [0.5, 0.6) is 0 Å². The maximum Gasteiger partial charge on any atom is 0.258 e. The lowest BCUT2D eigenvalue weighted by atomic mass is 10.0. The van der Waals surface area contributed by atoms with Crippen LogP contribution in [-0.4, -0.2) is 15.9 Å². The molecule has 1 amide bonds. The second kappa shape index (κ2) is 5.36. The second-order valence-corrected chi connectivity index (χ2v) is 4.74. The molecule has 0 radical (unpaired) electrons. The SMILES string of the molecule is Cc1cc(Cl)nc(NC(=O)c2cccc(C)c2C)n1. The molecule has 0 spiro atoms. The van der Waals surface area contributed by atoms with Crippen LogP contribution in [0.2, 0.25) is 5.15 Å². The van der Waals surface area contributed by atoms with Crippen LogP contribution in [0.15, 0.2) is 24.3 Å². The molecule has 2 aromatic rings. The van der Waals surface area contributed by atoms with Crippen molar-refractivity contribution in [3.8, 4) is 0 Å². The number of hydrogen-bond donors (Lipinski definition) is 1. The van der Waals surface area contributed by atoms with Crippen molar-refractivity contribution < 1.29 is 4.79 Å². The van der Waals surface area contributed by atoms with Crippen LogP contribution in [0, 0.1) is 20.8 Å². The van der Waals surface area contributed by atoms with E-state index in [0.717, 1.165) is 11.1 Å². The molecule has 1 heterocycles.